The Morgan fingerprint density at radius 3 is 2.13 bits per heavy atom. The summed E-state index contributed by atoms with van der Waals surface area (Å²) < 4.78 is 11.0. The van der Waals surface area contributed by atoms with E-state index in [0.717, 1.165) is 16.7 Å². The van der Waals surface area contributed by atoms with Crippen LogP contribution in [-0.2, 0) is 24.7 Å². The number of carbonyl (C=O) groups is 2. The van der Waals surface area contributed by atoms with Gasteiger partial charge in [0.05, 0.1) is 19.7 Å². The van der Waals surface area contributed by atoms with Crippen LogP contribution in [0.25, 0.3) is 11.1 Å². The number of nitrogens with two attached hydrogens (primary N) is 1. The van der Waals surface area contributed by atoms with Gasteiger partial charge in [-0.3, -0.25) is 4.79 Å². The number of esters is 1. The Hall–Kier alpha value is -2.70. The minimum Gasteiger partial charge on any atom is -0.467 e. The maximum atomic E-state index is 13.2. The molecule has 0 aliphatic carbocycles. The highest BCUT2D eigenvalue weighted by Crippen LogP contribution is 2.41. The van der Waals surface area contributed by atoms with E-state index in [9.17, 15) is 9.59 Å². The fraction of sp³-hybridized carbons (Fsp3) is 0.440. The van der Waals surface area contributed by atoms with Crippen LogP contribution < -0.4 is 5.73 Å². The zero-order valence-electron chi connectivity index (χ0n) is 18.9. The Labute approximate surface area is 184 Å². The van der Waals surface area contributed by atoms with Crippen LogP contribution in [0.1, 0.15) is 32.8 Å². The molecule has 166 valence electrons. The topological polar surface area (TPSA) is 81.9 Å². The van der Waals surface area contributed by atoms with Gasteiger partial charge in [0.25, 0.3) is 0 Å². The first-order valence-corrected chi connectivity index (χ1v) is 10.5. The molecular weight excluding hydrogens is 392 g/mol. The van der Waals surface area contributed by atoms with E-state index in [-0.39, 0.29) is 12.5 Å². The van der Waals surface area contributed by atoms with Gasteiger partial charge in [0.2, 0.25) is 5.91 Å². The van der Waals surface area contributed by atoms with Crippen molar-refractivity contribution in [3.05, 3.63) is 60.2 Å². The second kappa shape index (κ2) is 8.81. The van der Waals surface area contributed by atoms with E-state index < -0.39 is 29.1 Å². The Balaban J connectivity index is 1.95. The summed E-state index contributed by atoms with van der Waals surface area (Å²) in [6.07, 6.45) is 0.309. The van der Waals surface area contributed by atoms with Crippen LogP contribution in [0.5, 0.6) is 0 Å². The smallest absolute Gasteiger partial charge is 0.328 e. The van der Waals surface area contributed by atoms with E-state index in [4.69, 9.17) is 15.2 Å². The molecule has 1 saturated heterocycles. The van der Waals surface area contributed by atoms with Gasteiger partial charge in [0.15, 0.2) is 0 Å². The molecule has 1 heterocycles. The summed E-state index contributed by atoms with van der Waals surface area (Å²) >= 11 is 0. The lowest BCUT2D eigenvalue weighted by Crippen LogP contribution is -2.53. The molecule has 1 aliphatic rings. The molecule has 31 heavy (non-hydrogen) atoms. The van der Waals surface area contributed by atoms with Crippen molar-refractivity contribution >= 4 is 11.9 Å². The number of ether oxygens (including phenoxy) is 2. The van der Waals surface area contributed by atoms with Gasteiger partial charge in [-0.2, -0.15) is 0 Å². The Kier molecular flexibility index (Phi) is 6.53. The lowest BCUT2D eigenvalue weighted by molar-refractivity contribution is -0.152. The molecule has 1 aliphatic heterocycles. The quantitative estimate of drug-likeness (QED) is 0.745. The molecule has 6 heteroatoms. The molecule has 6 nitrogen and oxygen atoms in total. The van der Waals surface area contributed by atoms with Gasteiger partial charge in [-0.15, -0.1) is 0 Å². The average molecular weight is 425 g/mol. The van der Waals surface area contributed by atoms with Crippen LogP contribution in [0, 0.1) is 5.41 Å². The summed E-state index contributed by atoms with van der Waals surface area (Å²) in [4.78, 5) is 27.3. The zero-order chi connectivity index (χ0) is 22.8. The molecule has 0 bridgehead atoms. The third-order valence-corrected chi connectivity index (χ3v) is 6.19. The largest absolute Gasteiger partial charge is 0.467 e. The van der Waals surface area contributed by atoms with Crippen molar-refractivity contribution in [2.45, 2.75) is 44.9 Å². The van der Waals surface area contributed by atoms with E-state index in [2.05, 4.69) is 12.1 Å². The first-order valence-electron chi connectivity index (χ1n) is 10.5. The van der Waals surface area contributed by atoms with Crippen LogP contribution in [0.3, 0.4) is 0 Å². The highest BCUT2D eigenvalue weighted by Gasteiger charge is 2.52. The van der Waals surface area contributed by atoms with Crippen molar-refractivity contribution in [2.24, 2.45) is 11.1 Å². The van der Waals surface area contributed by atoms with Crippen LogP contribution >= 0.6 is 0 Å². The maximum Gasteiger partial charge on any atom is 0.328 e. The average Bonchev–Trinajstić information content (AvgIpc) is 3.19. The molecule has 2 aromatic rings. The van der Waals surface area contributed by atoms with Crippen molar-refractivity contribution in [1.82, 2.24) is 4.90 Å². The molecule has 3 atom stereocenters. The number of hydrogen-bond acceptors (Lipinski definition) is 5. The number of benzene rings is 2. The zero-order valence-corrected chi connectivity index (χ0v) is 18.9. The number of carbonyl (C=O) groups excluding carboxylic acids is 2. The van der Waals surface area contributed by atoms with E-state index >= 15 is 0 Å². The summed E-state index contributed by atoms with van der Waals surface area (Å²) in [6, 6.07) is 16.7. The van der Waals surface area contributed by atoms with Gasteiger partial charge < -0.3 is 20.1 Å². The van der Waals surface area contributed by atoms with Crippen molar-refractivity contribution in [1.29, 1.82) is 0 Å². The number of amides is 1. The van der Waals surface area contributed by atoms with Crippen molar-refractivity contribution in [2.75, 3.05) is 20.8 Å². The highest BCUT2D eigenvalue weighted by atomic mass is 16.5. The fourth-order valence-electron chi connectivity index (χ4n) is 4.07. The lowest BCUT2D eigenvalue weighted by Gasteiger charge is -2.33. The third kappa shape index (κ3) is 4.50. The minimum atomic E-state index is -0.818. The van der Waals surface area contributed by atoms with Gasteiger partial charge in [-0.05, 0) is 22.1 Å². The number of hydrogen-bond donors (Lipinski definition) is 1. The normalized spacial score (nSPS) is 22.3. The second-order valence-electron chi connectivity index (χ2n) is 9.19. The predicted octanol–water partition coefficient (Wildman–Crippen LogP) is 3.34. The molecule has 2 aromatic carbocycles. The Morgan fingerprint density at radius 1 is 1.03 bits per heavy atom. The molecule has 2 N–H and O–H groups in total. The first-order chi connectivity index (χ1) is 14.6. The first kappa shape index (κ1) is 23.0. The van der Waals surface area contributed by atoms with Crippen LogP contribution in [-0.4, -0.2) is 49.6 Å². The van der Waals surface area contributed by atoms with E-state index in [1.807, 2.05) is 63.2 Å². The van der Waals surface area contributed by atoms with Gasteiger partial charge in [-0.25, -0.2) is 4.79 Å². The molecule has 0 spiro atoms. The number of rotatable bonds is 5. The number of methoxy groups -OCH3 is 2. The van der Waals surface area contributed by atoms with Gasteiger partial charge >= 0.3 is 5.97 Å². The summed E-state index contributed by atoms with van der Waals surface area (Å²) in [5, 5.41) is 0. The van der Waals surface area contributed by atoms with Crippen LogP contribution in [0.15, 0.2) is 54.6 Å². The predicted molar refractivity (Wildman–Crippen MR) is 120 cm³/mol. The fourth-order valence-corrected chi connectivity index (χ4v) is 4.07. The van der Waals surface area contributed by atoms with Crippen molar-refractivity contribution in [3.8, 4) is 11.1 Å². The Bertz CT molecular complexity index is 921. The number of nitrogens with zero attached hydrogens (tertiary/aromatic N) is 1. The molecule has 3 rings (SSSR count). The SMILES string of the molecule is COC(=O)[C@@H]1C[C@@](OC)(c2ccc(-c3ccccc3)cc2)CN1C(=O)[C@@H](N)C(C)(C)C. The summed E-state index contributed by atoms with van der Waals surface area (Å²) in [6.45, 7) is 5.95. The molecule has 1 amide bonds. The lowest BCUT2D eigenvalue weighted by atomic mass is 9.86. The van der Waals surface area contributed by atoms with Crippen LogP contribution in [0.2, 0.25) is 0 Å². The van der Waals surface area contributed by atoms with Gasteiger partial charge in [0, 0.05) is 13.5 Å². The maximum absolute atomic E-state index is 13.2. The molecule has 1 fully saturated rings. The molecule has 0 radical (unpaired) electrons. The van der Waals surface area contributed by atoms with E-state index in [0.29, 0.717) is 6.42 Å². The highest BCUT2D eigenvalue weighted by molar-refractivity contribution is 5.89. The van der Waals surface area contributed by atoms with E-state index in [1.54, 1.807) is 7.11 Å². The summed E-state index contributed by atoms with van der Waals surface area (Å²) in [5.41, 5.74) is 8.10. The summed E-state index contributed by atoms with van der Waals surface area (Å²) in [5.74, 6) is -0.739. The van der Waals surface area contributed by atoms with Gasteiger partial charge in [0.1, 0.15) is 11.6 Å². The molecule has 0 saturated carbocycles. The second-order valence-corrected chi connectivity index (χ2v) is 9.19. The Morgan fingerprint density at radius 2 is 1.61 bits per heavy atom. The van der Waals surface area contributed by atoms with E-state index in [1.165, 1.54) is 12.0 Å². The third-order valence-electron chi connectivity index (χ3n) is 6.19. The molecule has 0 aromatic heterocycles. The minimum absolute atomic E-state index is 0.233. The molecular formula is C25H32N2O4. The van der Waals surface area contributed by atoms with Crippen LogP contribution in [0.4, 0.5) is 0 Å². The molecule has 0 unspecified atom stereocenters. The summed E-state index contributed by atoms with van der Waals surface area (Å²) in [7, 11) is 2.94. The monoisotopic (exact) mass is 424 g/mol. The van der Waals surface area contributed by atoms with Crippen molar-refractivity contribution < 1.29 is 19.1 Å². The standard InChI is InChI=1S/C25H32N2O4/c1-24(2,3)21(26)22(28)27-16-25(31-5,15-20(27)23(29)30-4)19-13-11-18(12-14-19)17-9-7-6-8-10-17/h6-14,20-21H,15-16,26H2,1-5H3/t20-,21+,25-/m0/s1. The van der Waals surface area contributed by atoms with Crippen molar-refractivity contribution in [3.63, 3.8) is 0 Å². The number of likely N-dealkylation sites (tertiary alicyclic amines) is 1. The van der Waals surface area contributed by atoms with Gasteiger partial charge in [-0.1, -0.05) is 75.4 Å².